The molecule has 0 N–H and O–H groups in total. The molecule has 176 valence electrons. The smallest absolute Gasteiger partial charge is 0.200 e. The molecule has 2 aromatic carbocycles. The van der Waals surface area contributed by atoms with E-state index in [-0.39, 0.29) is 25.9 Å². The van der Waals surface area contributed by atoms with Crippen molar-refractivity contribution < 1.29 is 30.4 Å². The van der Waals surface area contributed by atoms with E-state index < -0.39 is 49.1 Å². The van der Waals surface area contributed by atoms with Crippen LogP contribution in [0.25, 0.3) is 11.3 Å². The highest BCUT2D eigenvalue weighted by Crippen LogP contribution is 2.35. The van der Waals surface area contributed by atoms with E-state index in [2.05, 4.69) is 4.98 Å². The van der Waals surface area contributed by atoms with Gasteiger partial charge in [0.2, 0.25) is 5.82 Å². The number of thiazole rings is 1. The lowest BCUT2D eigenvalue weighted by molar-refractivity contribution is 0.356. The molecule has 4 nitrogen and oxygen atoms in total. The maximum absolute atomic E-state index is 14.1. The molecule has 0 amide bonds. The second-order valence-corrected chi connectivity index (χ2v) is 10.9. The molecule has 0 spiro atoms. The number of piperidine rings is 1. The monoisotopic (exact) mass is 502 g/mol. The average Bonchev–Trinajstić information content (AvgIpc) is 3.26. The molecule has 0 bridgehead atoms. The summed E-state index contributed by atoms with van der Waals surface area (Å²) in [5.41, 5.74) is 3.95. The Labute approximate surface area is 191 Å². The van der Waals surface area contributed by atoms with E-state index in [0.717, 1.165) is 22.4 Å². The van der Waals surface area contributed by atoms with Gasteiger partial charge in [-0.05, 0) is 37.8 Å². The maximum atomic E-state index is 14.1. The Kier molecular flexibility index (Phi) is 6.21. The van der Waals surface area contributed by atoms with Crippen LogP contribution in [0, 0.1) is 42.9 Å². The lowest BCUT2D eigenvalue weighted by Gasteiger charge is -2.31. The summed E-state index contributed by atoms with van der Waals surface area (Å²) in [6, 6.07) is 5.92. The summed E-state index contributed by atoms with van der Waals surface area (Å²) >= 11 is 1.39. The Balaban J connectivity index is 1.55. The van der Waals surface area contributed by atoms with Gasteiger partial charge in [-0.15, -0.1) is 11.3 Å². The average molecular weight is 503 g/mol. The molecule has 0 saturated carbocycles. The van der Waals surface area contributed by atoms with Gasteiger partial charge < -0.3 is 4.90 Å². The highest BCUT2D eigenvalue weighted by atomic mass is 32.2. The standard InChI is InChI=1S/C22H19F5N2O2S2/c1-11-4-3-5-12(2)15(11)14-10-32-22(28-14)29-8-6-13(7-9-29)33(30,31)21-19(26)17(24)16(23)18(25)20(21)27/h3-5,10,13H,6-9H2,1-2H3. The molecule has 1 aliphatic heterocycles. The number of hydrogen-bond acceptors (Lipinski definition) is 5. The van der Waals surface area contributed by atoms with Gasteiger partial charge in [-0.3, -0.25) is 0 Å². The molecule has 2 heterocycles. The first kappa shape index (κ1) is 23.6. The van der Waals surface area contributed by atoms with Gasteiger partial charge in [0.1, 0.15) is 4.90 Å². The van der Waals surface area contributed by atoms with Crippen molar-refractivity contribution in [3.8, 4) is 11.3 Å². The first-order chi connectivity index (χ1) is 15.5. The summed E-state index contributed by atoms with van der Waals surface area (Å²) < 4.78 is 94.2. The van der Waals surface area contributed by atoms with E-state index in [1.54, 1.807) is 0 Å². The number of sulfone groups is 1. The molecule has 0 radical (unpaired) electrons. The van der Waals surface area contributed by atoms with Crippen molar-refractivity contribution in [2.75, 3.05) is 18.0 Å². The van der Waals surface area contributed by atoms with Crippen LogP contribution in [0.3, 0.4) is 0 Å². The zero-order valence-corrected chi connectivity index (χ0v) is 19.3. The summed E-state index contributed by atoms with van der Waals surface area (Å²) in [6.07, 6.45) is -0.0831. The van der Waals surface area contributed by atoms with E-state index in [9.17, 15) is 30.4 Å². The first-order valence-corrected chi connectivity index (χ1v) is 12.5. The van der Waals surface area contributed by atoms with Crippen molar-refractivity contribution in [1.29, 1.82) is 0 Å². The predicted octanol–water partition coefficient (Wildman–Crippen LogP) is 5.57. The zero-order chi connectivity index (χ0) is 24.1. The molecule has 3 aromatic rings. The predicted molar refractivity (Wildman–Crippen MR) is 116 cm³/mol. The second-order valence-electron chi connectivity index (χ2n) is 7.91. The van der Waals surface area contributed by atoms with Gasteiger partial charge in [-0.2, -0.15) is 0 Å². The summed E-state index contributed by atoms with van der Waals surface area (Å²) in [5, 5.41) is 1.29. The molecule has 4 rings (SSSR count). The lowest BCUT2D eigenvalue weighted by Crippen LogP contribution is -2.40. The van der Waals surface area contributed by atoms with E-state index in [0.29, 0.717) is 5.13 Å². The van der Waals surface area contributed by atoms with Crippen molar-refractivity contribution in [2.24, 2.45) is 0 Å². The molecular formula is C22H19F5N2O2S2. The van der Waals surface area contributed by atoms with Crippen LogP contribution in [0.4, 0.5) is 27.1 Å². The van der Waals surface area contributed by atoms with Gasteiger partial charge in [-0.1, -0.05) is 18.2 Å². The second kappa shape index (κ2) is 8.68. The highest BCUT2D eigenvalue weighted by molar-refractivity contribution is 7.92. The summed E-state index contributed by atoms with van der Waals surface area (Å²) in [4.78, 5) is 4.76. The SMILES string of the molecule is Cc1cccc(C)c1-c1csc(N2CCC(S(=O)(=O)c3c(F)c(F)c(F)c(F)c3F)CC2)n1. The van der Waals surface area contributed by atoms with E-state index in [1.807, 2.05) is 42.3 Å². The fourth-order valence-electron chi connectivity index (χ4n) is 4.10. The third-order valence-corrected chi connectivity index (χ3v) is 9.01. The topological polar surface area (TPSA) is 50.3 Å². The van der Waals surface area contributed by atoms with Crippen LogP contribution in [0.15, 0.2) is 28.5 Å². The number of rotatable bonds is 4. The molecular weight excluding hydrogens is 483 g/mol. The van der Waals surface area contributed by atoms with Gasteiger partial charge in [0.05, 0.1) is 10.9 Å². The first-order valence-electron chi connectivity index (χ1n) is 10.1. The fraction of sp³-hybridized carbons (Fsp3) is 0.318. The summed E-state index contributed by atoms with van der Waals surface area (Å²) in [5.74, 6) is -11.6. The molecule has 11 heteroatoms. The van der Waals surface area contributed by atoms with Crippen molar-refractivity contribution in [2.45, 2.75) is 36.8 Å². The Hall–Kier alpha value is -2.53. The fourth-order valence-corrected chi connectivity index (χ4v) is 6.82. The normalized spacial score (nSPS) is 15.3. The van der Waals surface area contributed by atoms with Gasteiger partial charge in [-0.25, -0.2) is 35.4 Å². The van der Waals surface area contributed by atoms with Crippen molar-refractivity contribution >= 4 is 26.3 Å². The molecule has 0 unspecified atom stereocenters. The van der Waals surface area contributed by atoms with Crippen LogP contribution >= 0.6 is 11.3 Å². The quantitative estimate of drug-likeness (QED) is 0.203. The van der Waals surface area contributed by atoms with Gasteiger partial charge >= 0.3 is 0 Å². The van der Waals surface area contributed by atoms with Crippen LogP contribution in [0.2, 0.25) is 0 Å². The third-order valence-electron chi connectivity index (χ3n) is 5.83. The van der Waals surface area contributed by atoms with Gasteiger partial charge in [0.25, 0.3) is 0 Å². The lowest BCUT2D eigenvalue weighted by atomic mass is 10.0. The minimum absolute atomic E-state index is 0.0415. The number of anilines is 1. The van der Waals surface area contributed by atoms with Gasteiger partial charge in [0.15, 0.2) is 38.2 Å². The van der Waals surface area contributed by atoms with E-state index in [4.69, 9.17) is 0 Å². The van der Waals surface area contributed by atoms with Crippen LogP contribution in [0.5, 0.6) is 0 Å². The Morgan fingerprint density at radius 1 is 0.909 bits per heavy atom. The molecule has 0 atom stereocenters. The number of aryl methyl sites for hydroxylation is 2. The maximum Gasteiger partial charge on any atom is 0.200 e. The minimum Gasteiger partial charge on any atom is -0.348 e. The molecule has 1 aromatic heterocycles. The van der Waals surface area contributed by atoms with Crippen LogP contribution < -0.4 is 4.90 Å². The molecule has 1 saturated heterocycles. The Morgan fingerprint density at radius 2 is 1.42 bits per heavy atom. The number of aromatic nitrogens is 1. The van der Waals surface area contributed by atoms with Crippen molar-refractivity contribution in [3.63, 3.8) is 0 Å². The molecule has 1 aliphatic rings. The molecule has 0 aliphatic carbocycles. The molecule has 1 fully saturated rings. The Bertz CT molecular complexity index is 1280. The Morgan fingerprint density at radius 3 is 1.97 bits per heavy atom. The van der Waals surface area contributed by atoms with Crippen LogP contribution in [0.1, 0.15) is 24.0 Å². The van der Waals surface area contributed by atoms with E-state index >= 15 is 0 Å². The summed E-state index contributed by atoms with van der Waals surface area (Å²) in [6.45, 7) is 4.38. The van der Waals surface area contributed by atoms with Crippen molar-refractivity contribution in [1.82, 2.24) is 4.98 Å². The van der Waals surface area contributed by atoms with Crippen LogP contribution in [-0.2, 0) is 9.84 Å². The summed E-state index contributed by atoms with van der Waals surface area (Å²) in [7, 11) is -4.78. The number of benzene rings is 2. The van der Waals surface area contributed by atoms with E-state index in [1.165, 1.54) is 11.3 Å². The van der Waals surface area contributed by atoms with Crippen LogP contribution in [-0.4, -0.2) is 31.7 Å². The number of hydrogen-bond donors (Lipinski definition) is 0. The minimum atomic E-state index is -4.78. The zero-order valence-electron chi connectivity index (χ0n) is 17.6. The third kappa shape index (κ3) is 4.01. The number of nitrogens with zero attached hydrogens (tertiary/aromatic N) is 2. The van der Waals surface area contributed by atoms with Gasteiger partial charge in [0, 0.05) is 24.0 Å². The highest BCUT2D eigenvalue weighted by Gasteiger charge is 2.39. The number of halogens is 5. The largest absolute Gasteiger partial charge is 0.348 e. The van der Waals surface area contributed by atoms with Crippen molar-refractivity contribution in [3.05, 3.63) is 63.8 Å². The molecule has 33 heavy (non-hydrogen) atoms.